The van der Waals surface area contributed by atoms with Crippen LogP contribution in [0.1, 0.15) is 13.3 Å². The lowest BCUT2D eigenvalue weighted by molar-refractivity contribution is -0.218. The molecule has 1 N–H and O–H groups in total. The topological polar surface area (TPSA) is 63.6 Å². The monoisotopic (exact) mass is 226 g/mol. The lowest BCUT2D eigenvalue weighted by Gasteiger charge is -2.17. The number of esters is 1. The summed E-state index contributed by atoms with van der Waals surface area (Å²) in [7, 11) is 0. The summed E-state index contributed by atoms with van der Waals surface area (Å²) in [6, 6.07) is 0. The molecular weight excluding hydrogens is 217 g/mol. The van der Waals surface area contributed by atoms with Gasteiger partial charge in [-0.05, 0) is 6.42 Å². The average Bonchev–Trinajstić information content (AvgIpc) is 2.08. The number of hydrogen-bond donors (Lipinski definition) is 1. The van der Waals surface area contributed by atoms with Crippen molar-refractivity contribution in [2.75, 3.05) is 0 Å². The first-order valence-corrected chi connectivity index (χ1v) is 3.95. The van der Waals surface area contributed by atoms with Crippen LogP contribution in [0.15, 0.2) is 12.2 Å². The average molecular weight is 226 g/mol. The fraction of sp³-hybridized carbons (Fsp3) is 0.500. The second-order valence-electron chi connectivity index (χ2n) is 2.55. The highest BCUT2D eigenvalue weighted by Crippen LogP contribution is 2.25. The molecule has 0 saturated heterocycles. The summed E-state index contributed by atoms with van der Waals surface area (Å²) in [5, 5.41) is 8.10. The molecule has 0 aliphatic heterocycles. The van der Waals surface area contributed by atoms with Gasteiger partial charge in [-0.2, -0.15) is 13.2 Å². The Labute approximate surface area is 83.3 Å². The third-order valence-electron chi connectivity index (χ3n) is 1.36. The zero-order chi connectivity index (χ0) is 12.1. The first kappa shape index (κ1) is 13.5. The van der Waals surface area contributed by atoms with E-state index in [0.29, 0.717) is 12.2 Å². The Morgan fingerprint density at radius 1 is 1.40 bits per heavy atom. The van der Waals surface area contributed by atoms with Gasteiger partial charge in [-0.1, -0.05) is 6.92 Å². The molecule has 4 nitrogen and oxygen atoms in total. The van der Waals surface area contributed by atoms with Crippen molar-refractivity contribution in [1.29, 1.82) is 0 Å². The second kappa shape index (κ2) is 5.38. The molecule has 0 rings (SSSR count). The van der Waals surface area contributed by atoms with Gasteiger partial charge in [0, 0.05) is 12.2 Å². The number of alkyl halides is 3. The maximum absolute atomic E-state index is 12.1. The van der Waals surface area contributed by atoms with Gasteiger partial charge in [0.05, 0.1) is 0 Å². The van der Waals surface area contributed by atoms with Gasteiger partial charge in [0.2, 0.25) is 0 Å². The molecular formula is C8H9F3O4. The van der Waals surface area contributed by atoms with E-state index >= 15 is 0 Å². The van der Waals surface area contributed by atoms with Gasteiger partial charge in [-0.3, -0.25) is 0 Å². The quantitative estimate of drug-likeness (QED) is 0.583. The lowest BCUT2D eigenvalue weighted by Crippen LogP contribution is -2.32. The molecule has 0 aromatic rings. The Balaban J connectivity index is 4.32. The van der Waals surface area contributed by atoms with Crippen molar-refractivity contribution < 1.29 is 32.6 Å². The van der Waals surface area contributed by atoms with Gasteiger partial charge in [-0.15, -0.1) is 0 Å². The summed E-state index contributed by atoms with van der Waals surface area (Å²) in [5.41, 5.74) is 0. The fourth-order valence-corrected chi connectivity index (χ4v) is 0.700. The standard InChI is InChI=1S/C8H9F3O4/c1-2-5(8(9,10)11)15-7(14)4-3-6(12)13/h3-5H,2H2,1H3,(H,12,13)/b4-3+. The minimum atomic E-state index is -4.64. The summed E-state index contributed by atoms with van der Waals surface area (Å²) in [6.45, 7) is 1.20. The Morgan fingerprint density at radius 3 is 2.27 bits per heavy atom. The Kier molecular flexibility index (Phi) is 4.83. The van der Waals surface area contributed by atoms with Crippen molar-refractivity contribution in [2.24, 2.45) is 0 Å². The molecule has 15 heavy (non-hydrogen) atoms. The van der Waals surface area contributed by atoms with Crippen LogP contribution in [-0.2, 0) is 14.3 Å². The number of halogens is 3. The molecule has 0 bridgehead atoms. The number of hydrogen-bond acceptors (Lipinski definition) is 3. The number of ether oxygens (including phenoxy) is 1. The summed E-state index contributed by atoms with van der Waals surface area (Å²) in [6.07, 6.45) is -6.43. The van der Waals surface area contributed by atoms with Crippen LogP contribution in [0.2, 0.25) is 0 Å². The molecule has 1 unspecified atom stereocenters. The molecule has 0 aliphatic carbocycles. The van der Waals surface area contributed by atoms with Crippen molar-refractivity contribution in [1.82, 2.24) is 0 Å². The van der Waals surface area contributed by atoms with Crippen molar-refractivity contribution in [3.63, 3.8) is 0 Å². The van der Waals surface area contributed by atoms with E-state index in [1.807, 2.05) is 0 Å². The van der Waals surface area contributed by atoms with E-state index in [1.165, 1.54) is 6.92 Å². The van der Waals surface area contributed by atoms with Gasteiger partial charge in [0.15, 0.2) is 6.10 Å². The number of carboxylic acid groups (broad SMARTS) is 1. The van der Waals surface area contributed by atoms with Crippen molar-refractivity contribution in [3.8, 4) is 0 Å². The Bertz CT molecular complexity index is 270. The van der Waals surface area contributed by atoms with Crippen molar-refractivity contribution in [3.05, 3.63) is 12.2 Å². The molecule has 86 valence electrons. The lowest BCUT2D eigenvalue weighted by atomic mass is 10.3. The van der Waals surface area contributed by atoms with E-state index in [0.717, 1.165) is 0 Å². The zero-order valence-corrected chi connectivity index (χ0v) is 7.75. The minimum Gasteiger partial charge on any atom is -0.478 e. The Morgan fingerprint density at radius 2 is 1.93 bits per heavy atom. The molecule has 0 heterocycles. The molecule has 0 spiro atoms. The maximum Gasteiger partial charge on any atom is 0.425 e. The number of carboxylic acids is 1. The third kappa shape index (κ3) is 5.71. The molecule has 0 saturated carbocycles. The summed E-state index contributed by atoms with van der Waals surface area (Å²) >= 11 is 0. The van der Waals surface area contributed by atoms with Gasteiger partial charge >= 0.3 is 18.1 Å². The minimum absolute atomic E-state index is 0.408. The van der Waals surface area contributed by atoms with Crippen LogP contribution in [0.5, 0.6) is 0 Å². The molecule has 1 atom stereocenters. The van der Waals surface area contributed by atoms with Crippen molar-refractivity contribution >= 4 is 11.9 Å². The molecule has 0 aliphatic rings. The van der Waals surface area contributed by atoms with E-state index in [-0.39, 0.29) is 0 Å². The molecule has 7 heteroatoms. The summed E-state index contributed by atoms with van der Waals surface area (Å²) in [5.74, 6) is -2.77. The van der Waals surface area contributed by atoms with E-state index < -0.39 is 30.6 Å². The number of aliphatic carboxylic acids is 1. The molecule has 0 fully saturated rings. The van der Waals surface area contributed by atoms with E-state index in [2.05, 4.69) is 4.74 Å². The predicted octanol–water partition coefficient (Wildman–Crippen LogP) is 1.51. The van der Waals surface area contributed by atoms with Gasteiger partial charge in [0.25, 0.3) is 0 Å². The second-order valence-corrected chi connectivity index (χ2v) is 2.55. The predicted molar refractivity (Wildman–Crippen MR) is 43.0 cm³/mol. The number of carbonyl (C=O) groups excluding carboxylic acids is 1. The van der Waals surface area contributed by atoms with E-state index in [9.17, 15) is 22.8 Å². The number of carbonyl (C=O) groups is 2. The van der Waals surface area contributed by atoms with Crippen LogP contribution >= 0.6 is 0 Å². The summed E-state index contributed by atoms with van der Waals surface area (Å²) in [4.78, 5) is 20.6. The third-order valence-corrected chi connectivity index (χ3v) is 1.36. The molecule has 0 aromatic heterocycles. The first-order valence-electron chi connectivity index (χ1n) is 3.95. The highest BCUT2D eigenvalue weighted by molar-refractivity contribution is 5.90. The Hall–Kier alpha value is -1.53. The molecule has 0 radical (unpaired) electrons. The van der Waals surface area contributed by atoms with Crippen LogP contribution in [0.25, 0.3) is 0 Å². The molecule has 0 aromatic carbocycles. The van der Waals surface area contributed by atoms with Crippen molar-refractivity contribution in [2.45, 2.75) is 25.6 Å². The molecule has 0 amide bonds. The SMILES string of the molecule is CCC(OC(=O)/C=C/C(=O)O)C(F)(F)F. The van der Waals surface area contributed by atoms with Crippen LogP contribution in [0.3, 0.4) is 0 Å². The fourth-order valence-electron chi connectivity index (χ4n) is 0.700. The van der Waals surface area contributed by atoms with Gasteiger partial charge in [-0.25, -0.2) is 9.59 Å². The smallest absolute Gasteiger partial charge is 0.425 e. The van der Waals surface area contributed by atoms with Gasteiger partial charge < -0.3 is 9.84 Å². The summed E-state index contributed by atoms with van der Waals surface area (Å²) < 4.78 is 40.2. The van der Waals surface area contributed by atoms with Gasteiger partial charge in [0.1, 0.15) is 0 Å². The van der Waals surface area contributed by atoms with Crippen LogP contribution in [-0.4, -0.2) is 29.3 Å². The maximum atomic E-state index is 12.1. The highest BCUT2D eigenvalue weighted by Gasteiger charge is 2.41. The van der Waals surface area contributed by atoms with E-state index in [1.54, 1.807) is 0 Å². The van der Waals surface area contributed by atoms with E-state index in [4.69, 9.17) is 5.11 Å². The highest BCUT2D eigenvalue weighted by atomic mass is 19.4. The van der Waals surface area contributed by atoms with Crippen LogP contribution < -0.4 is 0 Å². The zero-order valence-electron chi connectivity index (χ0n) is 7.75. The largest absolute Gasteiger partial charge is 0.478 e. The normalized spacial score (nSPS) is 13.9. The van der Waals surface area contributed by atoms with Crippen LogP contribution in [0, 0.1) is 0 Å². The van der Waals surface area contributed by atoms with Crippen LogP contribution in [0.4, 0.5) is 13.2 Å². The first-order chi connectivity index (χ1) is 6.77. The number of rotatable bonds is 4.